The lowest BCUT2D eigenvalue weighted by Gasteiger charge is -2.08. The number of aromatic nitrogens is 2. The van der Waals surface area contributed by atoms with Gasteiger partial charge in [-0.3, -0.25) is 0 Å². The van der Waals surface area contributed by atoms with Crippen LogP contribution in [0.4, 0.5) is 0 Å². The maximum Gasteiger partial charge on any atom is 0.166 e. The lowest BCUT2D eigenvalue weighted by atomic mass is 10.0. The third-order valence-electron chi connectivity index (χ3n) is 2.95. The molecular formula is C14H10Cl2N2. The van der Waals surface area contributed by atoms with Crippen molar-refractivity contribution in [2.75, 3.05) is 0 Å². The Bertz CT molecular complexity index is 699. The van der Waals surface area contributed by atoms with Gasteiger partial charge >= 0.3 is 0 Å². The van der Waals surface area contributed by atoms with Gasteiger partial charge < -0.3 is 4.57 Å². The average Bonchev–Trinajstić information content (AvgIpc) is 2.71. The normalized spacial score (nSPS) is 11.0. The van der Waals surface area contributed by atoms with Crippen molar-refractivity contribution < 1.29 is 0 Å². The topological polar surface area (TPSA) is 17.8 Å². The Morgan fingerprint density at radius 2 is 1.78 bits per heavy atom. The van der Waals surface area contributed by atoms with Gasteiger partial charge in [0, 0.05) is 0 Å². The molecule has 3 aromatic rings. The molecule has 0 radical (unpaired) electrons. The van der Waals surface area contributed by atoms with Crippen LogP contribution < -0.4 is 0 Å². The molecule has 0 saturated carbocycles. The highest BCUT2D eigenvalue weighted by atomic mass is 35.5. The van der Waals surface area contributed by atoms with Crippen molar-refractivity contribution in [1.29, 1.82) is 0 Å². The van der Waals surface area contributed by atoms with E-state index in [4.69, 9.17) is 23.2 Å². The quantitative estimate of drug-likeness (QED) is 0.679. The maximum atomic E-state index is 6.08. The summed E-state index contributed by atoms with van der Waals surface area (Å²) >= 11 is 11.9. The van der Waals surface area contributed by atoms with Crippen molar-refractivity contribution in [1.82, 2.24) is 9.55 Å². The van der Waals surface area contributed by atoms with E-state index < -0.39 is 0 Å². The zero-order valence-electron chi connectivity index (χ0n) is 9.48. The number of hydrogen-bond acceptors (Lipinski definition) is 1. The molecule has 3 rings (SSSR count). The van der Waals surface area contributed by atoms with Gasteiger partial charge in [-0.25, -0.2) is 4.98 Å². The highest BCUT2D eigenvalue weighted by molar-refractivity contribution is 6.40. The van der Waals surface area contributed by atoms with E-state index in [1.807, 2.05) is 22.8 Å². The summed E-state index contributed by atoms with van der Waals surface area (Å²) in [6.07, 6.45) is 1.66. The lowest BCUT2D eigenvalue weighted by Crippen LogP contribution is -1.98. The fourth-order valence-corrected chi connectivity index (χ4v) is 2.37. The Morgan fingerprint density at radius 1 is 1.00 bits per heavy atom. The molecule has 0 spiro atoms. The first-order valence-electron chi connectivity index (χ1n) is 5.58. The molecule has 18 heavy (non-hydrogen) atoms. The summed E-state index contributed by atoms with van der Waals surface area (Å²) < 4.78 is 1.84. The highest BCUT2D eigenvalue weighted by Crippen LogP contribution is 2.24. The molecular weight excluding hydrogens is 267 g/mol. The van der Waals surface area contributed by atoms with Crippen LogP contribution >= 0.6 is 23.2 Å². The molecule has 0 bridgehead atoms. The zero-order chi connectivity index (χ0) is 12.5. The molecule has 0 fully saturated rings. The maximum absolute atomic E-state index is 6.08. The Hall–Kier alpha value is -1.51. The third kappa shape index (κ3) is 1.98. The predicted molar refractivity (Wildman–Crippen MR) is 75.3 cm³/mol. The van der Waals surface area contributed by atoms with Crippen molar-refractivity contribution in [2.45, 2.75) is 6.54 Å². The zero-order valence-corrected chi connectivity index (χ0v) is 11.0. The van der Waals surface area contributed by atoms with Crippen LogP contribution in [0.2, 0.25) is 10.3 Å². The monoisotopic (exact) mass is 276 g/mol. The van der Waals surface area contributed by atoms with Gasteiger partial charge in [0.15, 0.2) is 5.15 Å². The average molecular weight is 277 g/mol. The van der Waals surface area contributed by atoms with E-state index in [0.29, 0.717) is 16.9 Å². The van der Waals surface area contributed by atoms with Crippen LogP contribution in [-0.4, -0.2) is 9.55 Å². The molecule has 0 aliphatic carbocycles. The van der Waals surface area contributed by atoms with Crippen LogP contribution in [0.5, 0.6) is 0 Å². The first-order valence-corrected chi connectivity index (χ1v) is 6.34. The van der Waals surface area contributed by atoms with E-state index in [9.17, 15) is 0 Å². The number of benzene rings is 2. The summed E-state index contributed by atoms with van der Waals surface area (Å²) in [6.45, 7) is 0.667. The number of fused-ring (bicyclic) bond motifs is 1. The highest BCUT2D eigenvalue weighted by Gasteiger charge is 2.07. The number of imidazole rings is 1. The van der Waals surface area contributed by atoms with Gasteiger partial charge in [0.1, 0.15) is 5.15 Å². The molecule has 0 aliphatic rings. The number of rotatable bonds is 2. The Kier molecular flexibility index (Phi) is 2.98. The second-order valence-corrected chi connectivity index (χ2v) is 4.81. The van der Waals surface area contributed by atoms with Crippen molar-refractivity contribution in [2.24, 2.45) is 0 Å². The molecule has 2 nitrogen and oxygen atoms in total. The summed E-state index contributed by atoms with van der Waals surface area (Å²) in [5.41, 5.74) is 1.20. The van der Waals surface area contributed by atoms with Gasteiger partial charge in [0.05, 0.1) is 12.9 Å². The predicted octanol–water partition coefficient (Wildman–Crippen LogP) is 4.39. The fourth-order valence-electron chi connectivity index (χ4n) is 2.07. The summed E-state index contributed by atoms with van der Waals surface area (Å²) in [7, 11) is 0. The minimum atomic E-state index is 0.344. The summed E-state index contributed by atoms with van der Waals surface area (Å²) in [4.78, 5) is 3.99. The molecule has 4 heteroatoms. The van der Waals surface area contributed by atoms with Crippen LogP contribution in [0.3, 0.4) is 0 Å². The molecule has 0 unspecified atom stereocenters. The standard InChI is InChI=1S/C14H10Cl2N2/c15-13-14(16)18(9-17-13)8-11-6-3-5-10-4-1-2-7-12(10)11/h1-7,9H,8H2. The van der Waals surface area contributed by atoms with Gasteiger partial charge in [-0.05, 0) is 16.3 Å². The first-order chi connectivity index (χ1) is 8.75. The third-order valence-corrected chi connectivity index (χ3v) is 3.72. The SMILES string of the molecule is Clc1ncn(Cc2cccc3ccccc23)c1Cl. The molecule has 1 aromatic heterocycles. The van der Waals surface area contributed by atoms with E-state index in [2.05, 4.69) is 29.2 Å². The van der Waals surface area contributed by atoms with Crippen LogP contribution in [0.15, 0.2) is 48.8 Å². The van der Waals surface area contributed by atoms with E-state index in [1.165, 1.54) is 16.3 Å². The Morgan fingerprint density at radius 3 is 2.56 bits per heavy atom. The molecule has 90 valence electrons. The summed E-state index contributed by atoms with van der Waals surface area (Å²) in [5.74, 6) is 0. The van der Waals surface area contributed by atoms with E-state index >= 15 is 0 Å². The fraction of sp³-hybridized carbons (Fsp3) is 0.0714. The first kappa shape index (κ1) is 11.6. The second kappa shape index (κ2) is 4.63. The summed E-state index contributed by atoms with van der Waals surface area (Å²) in [6, 6.07) is 14.5. The van der Waals surface area contributed by atoms with Crippen LogP contribution in [0.25, 0.3) is 10.8 Å². The van der Waals surface area contributed by atoms with Crippen molar-refractivity contribution >= 4 is 34.0 Å². The van der Waals surface area contributed by atoms with E-state index in [0.717, 1.165) is 0 Å². The van der Waals surface area contributed by atoms with Crippen LogP contribution in [-0.2, 0) is 6.54 Å². The number of hydrogen-bond donors (Lipinski definition) is 0. The Labute approximate surface area is 115 Å². The number of nitrogens with zero attached hydrogens (tertiary/aromatic N) is 2. The van der Waals surface area contributed by atoms with Gasteiger partial charge in [-0.1, -0.05) is 65.7 Å². The van der Waals surface area contributed by atoms with E-state index in [-0.39, 0.29) is 0 Å². The molecule has 0 atom stereocenters. The smallest absolute Gasteiger partial charge is 0.166 e. The van der Waals surface area contributed by atoms with E-state index in [1.54, 1.807) is 6.33 Å². The second-order valence-electron chi connectivity index (χ2n) is 4.09. The van der Waals surface area contributed by atoms with Gasteiger partial charge in [0.25, 0.3) is 0 Å². The molecule has 0 N–H and O–H groups in total. The molecule has 0 saturated heterocycles. The largest absolute Gasteiger partial charge is 0.316 e. The number of halogens is 2. The van der Waals surface area contributed by atoms with Crippen molar-refractivity contribution in [3.05, 3.63) is 64.7 Å². The summed E-state index contributed by atoms with van der Waals surface area (Å²) in [5, 5.41) is 3.26. The van der Waals surface area contributed by atoms with Crippen LogP contribution in [0.1, 0.15) is 5.56 Å². The molecule has 0 aliphatic heterocycles. The minimum absolute atomic E-state index is 0.344. The van der Waals surface area contributed by atoms with Crippen molar-refractivity contribution in [3.8, 4) is 0 Å². The minimum Gasteiger partial charge on any atom is -0.316 e. The Balaban J connectivity index is 2.08. The lowest BCUT2D eigenvalue weighted by molar-refractivity contribution is 0.803. The van der Waals surface area contributed by atoms with Crippen molar-refractivity contribution in [3.63, 3.8) is 0 Å². The van der Waals surface area contributed by atoms with Crippen LogP contribution in [0, 0.1) is 0 Å². The van der Waals surface area contributed by atoms with Gasteiger partial charge in [-0.15, -0.1) is 0 Å². The molecule has 2 aromatic carbocycles. The molecule has 1 heterocycles. The molecule has 0 amide bonds. The van der Waals surface area contributed by atoms with Gasteiger partial charge in [0.2, 0.25) is 0 Å². The van der Waals surface area contributed by atoms with Gasteiger partial charge in [-0.2, -0.15) is 0 Å².